The third kappa shape index (κ3) is 5.72. The van der Waals surface area contributed by atoms with E-state index in [9.17, 15) is 0 Å². The van der Waals surface area contributed by atoms with E-state index in [1.54, 1.807) is 0 Å². The molecule has 0 aliphatic rings. The van der Waals surface area contributed by atoms with E-state index in [-0.39, 0.29) is 20.1 Å². The van der Waals surface area contributed by atoms with Crippen molar-refractivity contribution in [2.75, 3.05) is 0 Å². The number of para-hydroxylation sites is 2. The van der Waals surface area contributed by atoms with Crippen molar-refractivity contribution in [3.63, 3.8) is 0 Å². The molecule has 5 nitrogen and oxygen atoms in total. The number of aryl methyl sites for hydroxylation is 3. The summed E-state index contributed by atoms with van der Waals surface area (Å²) in [5, 5.41) is 2.08. The fourth-order valence-electron chi connectivity index (χ4n) is 4.94. The van der Waals surface area contributed by atoms with Crippen molar-refractivity contribution < 1.29 is 24.5 Å². The molecule has 42 heavy (non-hydrogen) atoms. The molecular weight excluding hydrogens is 757 g/mol. The third-order valence-electron chi connectivity index (χ3n) is 7.49. The van der Waals surface area contributed by atoms with Gasteiger partial charge in [-0.15, -0.1) is 18.2 Å². The number of rotatable bonds is 3. The molecule has 0 spiro atoms. The van der Waals surface area contributed by atoms with Crippen LogP contribution in [0.15, 0.2) is 89.5 Å². The van der Waals surface area contributed by atoms with Crippen LogP contribution in [-0.4, -0.2) is 32.8 Å². The molecular formula is C35H32GeIrN4O-2. The van der Waals surface area contributed by atoms with Gasteiger partial charge in [0.1, 0.15) is 0 Å². The summed E-state index contributed by atoms with van der Waals surface area (Å²) in [7, 11) is 2.02. The minimum atomic E-state index is -1.72. The molecule has 0 fully saturated rings. The molecule has 0 aliphatic carbocycles. The van der Waals surface area contributed by atoms with Crippen LogP contribution in [0.3, 0.4) is 0 Å². The molecule has 0 saturated heterocycles. The first-order valence-electron chi connectivity index (χ1n) is 13.8. The Morgan fingerprint density at radius 1 is 0.833 bits per heavy atom. The Hall–Kier alpha value is -3.58. The first-order chi connectivity index (χ1) is 19.7. The number of benzene rings is 3. The van der Waals surface area contributed by atoms with Crippen LogP contribution in [0, 0.1) is 26.0 Å². The molecule has 0 atom stereocenters. The van der Waals surface area contributed by atoms with Crippen LogP contribution < -0.4 is 4.40 Å². The van der Waals surface area contributed by atoms with Gasteiger partial charge in [-0.25, -0.2) is 4.98 Å². The van der Waals surface area contributed by atoms with Gasteiger partial charge in [-0.05, 0) is 37.6 Å². The quantitative estimate of drug-likeness (QED) is 0.135. The van der Waals surface area contributed by atoms with E-state index >= 15 is 0 Å². The van der Waals surface area contributed by atoms with Gasteiger partial charge in [0.2, 0.25) is 5.71 Å². The predicted molar refractivity (Wildman–Crippen MR) is 171 cm³/mol. The number of furan rings is 1. The molecule has 7 rings (SSSR count). The molecule has 0 bridgehead atoms. The van der Waals surface area contributed by atoms with Crippen LogP contribution in [0.5, 0.6) is 0 Å². The summed E-state index contributed by atoms with van der Waals surface area (Å²) in [6.07, 6.45) is 2.04. The maximum atomic E-state index is 6.13. The van der Waals surface area contributed by atoms with Crippen molar-refractivity contribution in [1.82, 2.24) is 19.5 Å². The first-order valence-corrected chi connectivity index (χ1v) is 21.1. The van der Waals surface area contributed by atoms with Crippen LogP contribution in [0.1, 0.15) is 11.3 Å². The third-order valence-corrected chi connectivity index (χ3v) is 11.7. The Balaban J connectivity index is 0.000000181. The number of aromatic nitrogens is 4. The van der Waals surface area contributed by atoms with Crippen LogP contribution >= 0.6 is 0 Å². The van der Waals surface area contributed by atoms with Gasteiger partial charge in [0.15, 0.2) is 0 Å². The molecule has 1 radical (unpaired) electrons. The smallest absolute Gasteiger partial charge is 0 e. The molecule has 3 aromatic carbocycles. The predicted octanol–water partition coefficient (Wildman–Crippen LogP) is 8.04. The molecule has 0 unspecified atom stereocenters. The van der Waals surface area contributed by atoms with Gasteiger partial charge in [-0.1, -0.05) is 23.1 Å². The second-order valence-electron chi connectivity index (χ2n) is 11.4. The summed E-state index contributed by atoms with van der Waals surface area (Å²) in [6.45, 7) is 4.07. The molecule has 7 heteroatoms. The van der Waals surface area contributed by atoms with Gasteiger partial charge in [0, 0.05) is 38.2 Å². The Morgan fingerprint density at radius 2 is 1.62 bits per heavy atom. The zero-order valence-corrected chi connectivity index (χ0v) is 29.1. The Bertz CT molecular complexity index is 2010. The summed E-state index contributed by atoms with van der Waals surface area (Å²) in [4.78, 5) is 13.9. The van der Waals surface area contributed by atoms with Crippen molar-refractivity contribution in [2.45, 2.75) is 31.1 Å². The van der Waals surface area contributed by atoms with Gasteiger partial charge >= 0.3 is 99.8 Å². The summed E-state index contributed by atoms with van der Waals surface area (Å²) in [5.74, 6) is 7.99. The average Bonchev–Trinajstić information content (AvgIpc) is 3.51. The van der Waals surface area contributed by atoms with Crippen molar-refractivity contribution >= 4 is 50.8 Å². The molecule has 0 aliphatic heterocycles. The molecule has 0 saturated carbocycles. The van der Waals surface area contributed by atoms with Gasteiger partial charge in [0.25, 0.3) is 0 Å². The zero-order chi connectivity index (χ0) is 28.7. The fraction of sp³-hybridized carbons (Fsp3) is 0.171. The van der Waals surface area contributed by atoms with E-state index in [0.717, 1.165) is 61.3 Å². The molecule has 0 N–H and O–H groups in total. The van der Waals surface area contributed by atoms with Crippen LogP contribution in [0.2, 0.25) is 17.3 Å². The van der Waals surface area contributed by atoms with Gasteiger partial charge in [0.05, 0.1) is 22.4 Å². The van der Waals surface area contributed by atoms with Gasteiger partial charge in [-0.2, -0.15) is 0 Å². The monoisotopic (exact) mass is 791 g/mol. The van der Waals surface area contributed by atoms with E-state index in [4.69, 9.17) is 9.40 Å². The molecule has 4 aromatic heterocycles. The molecule has 7 aromatic rings. The molecule has 213 valence electrons. The van der Waals surface area contributed by atoms with Gasteiger partial charge < -0.3 is 8.98 Å². The maximum Gasteiger partial charge on any atom is 0 e. The number of fused-ring (bicyclic) bond motifs is 4. The zero-order valence-electron chi connectivity index (χ0n) is 24.6. The molecule has 4 heterocycles. The van der Waals surface area contributed by atoms with Crippen molar-refractivity contribution in [3.8, 4) is 22.6 Å². The van der Waals surface area contributed by atoms with E-state index < -0.39 is 13.3 Å². The van der Waals surface area contributed by atoms with E-state index in [0.29, 0.717) is 5.71 Å². The van der Waals surface area contributed by atoms with E-state index in [2.05, 4.69) is 75.1 Å². The minimum absolute atomic E-state index is 0. The summed E-state index contributed by atoms with van der Waals surface area (Å²) >= 11 is -1.72. The van der Waals surface area contributed by atoms with Crippen molar-refractivity contribution in [1.29, 1.82) is 0 Å². The Kier molecular flexibility index (Phi) is 8.52. The number of imidazole rings is 1. The molecule has 0 amide bonds. The first kappa shape index (κ1) is 29.9. The number of nitrogens with zero attached hydrogens (tertiary/aromatic N) is 4. The fourth-order valence-corrected chi connectivity index (χ4v) is 7.11. The number of pyridine rings is 2. The van der Waals surface area contributed by atoms with Crippen LogP contribution in [0.25, 0.3) is 55.7 Å². The van der Waals surface area contributed by atoms with Crippen molar-refractivity contribution in [3.05, 3.63) is 108 Å². The largest absolute Gasteiger partial charge is 0 e. The Labute approximate surface area is 262 Å². The summed E-state index contributed by atoms with van der Waals surface area (Å²) in [6, 6.07) is 33.0. The van der Waals surface area contributed by atoms with Crippen LogP contribution in [-0.2, 0) is 27.2 Å². The topological polar surface area (TPSA) is 56.7 Å². The normalized spacial score (nSPS) is 11.4. The van der Waals surface area contributed by atoms with E-state index in [1.165, 1.54) is 4.40 Å². The van der Waals surface area contributed by atoms with Crippen LogP contribution in [0.4, 0.5) is 0 Å². The van der Waals surface area contributed by atoms with E-state index in [1.807, 2.05) is 74.8 Å². The maximum absolute atomic E-state index is 6.13. The number of hydrogen-bond donors (Lipinski definition) is 0. The second kappa shape index (κ2) is 12.0. The number of hydrogen-bond acceptors (Lipinski definition) is 4. The summed E-state index contributed by atoms with van der Waals surface area (Å²) in [5.41, 5.74) is 8.59. The minimum Gasteiger partial charge on any atom is 0 e. The SMILES string of the molecule is Cc1cc2c(nc1C)oc1c(-c3nc4ccccc4n3C)[c-]ccc12.[CH3][Ge]([CH3])([CH3])[c]1ccc(-c2[c-]cccc2)nc1.[Ir]. The average molecular weight is 789 g/mol. The second-order valence-corrected chi connectivity index (χ2v) is 22.0. The van der Waals surface area contributed by atoms with Gasteiger partial charge in [-0.3, -0.25) is 4.98 Å². The van der Waals surface area contributed by atoms with Crippen molar-refractivity contribution in [2.24, 2.45) is 7.05 Å². The Morgan fingerprint density at radius 3 is 2.31 bits per heavy atom. The standard InChI is InChI=1S/C21H16N3O.C14H16GeN.Ir/c1-12-11-16-14-7-6-8-15(19(14)25-21(16)22-13(12)2)20-23-17-9-4-5-10-18(17)24(20)3;1-15(2,3)13-9-10-14(16-11-13)12-7-5-4-6-8-12;/h4-7,9-11H,1-3H3;4-7,9-11H,1-3H3;/q2*-1;. The summed E-state index contributed by atoms with van der Waals surface area (Å²) < 4.78 is 9.65.